The number of carbonyl (C=O) groups excluding carboxylic acids is 3. The van der Waals surface area contributed by atoms with Crippen molar-refractivity contribution in [1.82, 2.24) is 10.6 Å². The fraction of sp³-hybridized carbons (Fsp3) is 0.227. The molecule has 2 aromatic rings. The molecule has 1 aliphatic rings. The monoisotopic (exact) mass is 488 g/mol. The number of allylic oxidation sites excluding steroid dienone is 1. The number of halogens is 1. The molecule has 9 heteroatoms. The molecule has 0 fully saturated rings. The van der Waals surface area contributed by atoms with Gasteiger partial charge in [-0.15, -0.1) is 0 Å². The number of urea groups is 1. The quantitative estimate of drug-likeness (QED) is 0.472. The Balaban J connectivity index is 1.94. The zero-order chi connectivity index (χ0) is 22.5. The number of rotatable bonds is 6. The highest BCUT2D eigenvalue weighted by atomic mass is 79.9. The first-order chi connectivity index (χ1) is 14.8. The van der Waals surface area contributed by atoms with E-state index < -0.39 is 24.0 Å². The molecule has 2 amide bonds. The second kappa shape index (κ2) is 9.65. The third-order valence-corrected chi connectivity index (χ3v) is 5.27. The van der Waals surface area contributed by atoms with E-state index in [9.17, 15) is 14.4 Å². The molecule has 0 aromatic heterocycles. The SMILES string of the molecule is CCOC(=O)C1=C(C)NC(=O)N[C@@H]1c1ccc(OC(=O)c2ccccc2Br)c(OC)c1. The van der Waals surface area contributed by atoms with Gasteiger partial charge in [-0.05, 0) is 59.6 Å². The van der Waals surface area contributed by atoms with Gasteiger partial charge in [0.2, 0.25) is 0 Å². The first kappa shape index (κ1) is 22.4. The van der Waals surface area contributed by atoms with Crippen LogP contribution in [0.3, 0.4) is 0 Å². The third kappa shape index (κ3) is 4.88. The van der Waals surface area contributed by atoms with E-state index in [-0.39, 0.29) is 23.7 Å². The predicted octanol–water partition coefficient (Wildman–Crippen LogP) is 3.87. The average molecular weight is 489 g/mol. The van der Waals surface area contributed by atoms with Gasteiger partial charge in [-0.25, -0.2) is 14.4 Å². The van der Waals surface area contributed by atoms with E-state index in [1.54, 1.807) is 56.3 Å². The van der Waals surface area contributed by atoms with Gasteiger partial charge in [-0.3, -0.25) is 0 Å². The Morgan fingerprint density at radius 2 is 1.84 bits per heavy atom. The van der Waals surface area contributed by atoms with Crippen LogP contribution in [0.15, 0.2) is 58.2 Å². The molecule has 1 atom stereocenters. The fourth-order valence-corrected chi connectivity index (χ4v) is 3.60. The van der Waals surface area contributed by atoms with Gasteiger partial charge in [-0.1, -0.05) is 18.2 Å². The minimum absolute atomic E-state index is 0.198. The summed E-state index contributed by atoms with van der Waals surface area (Å²) in [4.78, 5) is 37.1. The summed E-state index contributed by atoms with van der Waals surface area (Å²) in [6.07, 6.45) is 0. The van der Waals surface area contributed by atoms with Crippen molar-refractivity contribution in [3.05, 3.63) is 69.3 Å². The Hall–Kier alpha value is -3.33. The molecule has 2 aromatic carbocycles. The summed E-state index contributed by atoms with van der Waals surface area (Å²) in [6, 6.07) is 10.5. The molecule has 162 valence electrons. The Labute approximate surface area is 187 Å². The minimum atomic E-state index is -0.755. The summed E-state index contributed by atoms with van der Waals surface area (Å²) in [7, 11) is 1.43. The van der Waals surface area contributed by atoms with Crippen LogP contribution >= 0.6 is 15.9 Å². The van der Waals surface area contributed by atoms with Crippen molar-refractivity contribution in [1.29, 1.82) is 0 Å². The molecule has 1 heterocycles. The number of nitrogens with one attached hydrogen (secondary N) is 2. The summed E-state index contributed by atoms with van der Waals surface area (Å²) in [6.45, 7) is 3.53. The maximum atomic E-state index is 12.5. The van der Waals surface area contributed by atoms with Gasteiger partial charge >= 0.3 is 18.0 Å². The number of amides is 2. The first-order valence-electron chi connectivity index (χ1n) is 9.45. The number of benzene rings is 2. The predicted molar refractivity (Wildman–Crippen MR) is 116 cm³/mol. The summed E-state index contributed by atoms with van der Waals surface area (Å²) >= 11 is 3.33. The minimum Gasteiger partial charge on any atom is -0.493 e. The maximum absolute atomic E-state index is 12.5. The third-order valence-electron chi connectivity index (χ3n) is 4.58. The van der Waals surface area contributed by atoms with E-state index in [0.29, 0.717) is 21.3 Å². The first-order valence-corrected chi connectivity index (χ1v) is 10.2. The van der Waals surface area contributed by atoms with E-state index >= 15 is 0 Å². The molecule has 0 unspecified atom stereocenters. The molecule has 1 aliphatic heterocycles. The number of ether oxygens (including phenoxy) is 3. The van der Waals surface area contributed by atoms with E-state index in [0.717, 1.165) is 0 Å². The zero-order valence-corrected chi connectivity index (χ0v) is 18.7. The zero-order valence-electron chi connectivity index (χ0n) is 17.2. The van der Waals surface area contributed by atoms with Gasteiger partial charge in [0.15, 0.2) is 11.5 Å². The Morgan fingerprint density at radius 1 is 1.10 bits per heavy atom. The summed E-state index contributed by atoms with van der Waals surface area (Å²) in [5.74, 6) is -0.630. The summed E-state index contributed by atoms with van der Waals surface area (Å²) in [5, 5.41) is 5.30. The lowest BCUT2D eigenvalue weighted by molar-refractivity contribution is -0.139. The topological polar surface area (TPSA) is 103 Å². The van der Waals surface area contributed by atoms with Gasteiger partial charge in [-0.2, -0.15) is 0 Å². The number of hydrogen-bond donors (Lipinski definition) is 2. The van der Waals surface area contributed by atoms with E-state index in [2.05, 4.69) is 26.6 Å². The molecule has 31 heavy (non-hydrogen) atoms. The fourth-order valence-electron chi connectivity index (χ4n) is 3.15. The van der Waals surface area contributed by atoms with Gasteiger partial charge in [0.25, 0.3) is 0 Å². The molecule has 0 bridgehead atoms. The molecule has 0 spiro atoms. The smallest absolute Gasteiger partial charge is 0.344 e. The van der Waals surface area contributed by atoms with Crippen LogP contribution in [0.1, 0.15) is 35.8 Å². The van der Waals surface area contributed by atoms with Gasteiger partial charge in [0, 0.05) is 10.2 Å². The number of esters is 2. The van der Waals surface area contributed by atoms with Crippen molar-refractivity contribution in [3.63, 3.8) is 0 Å². The Bertz CT molecular complexity index is 1070. The van der Waals surface area contributed by atoms with Crippen LogP contribution in [0.5, 0.6) is 11.5 Å². The maximum Gasteiger partial charge on any atom is 0.344 e. The van der Waals surface area contributed by atoms with Crippen molar-refractivity contribution in [2.45, 2.75) is 19.9 Å². The van der Waals surface area contributed by atoms with Crippen molar-refractivity contribution < 1.29 is 28.6 Å². The largest absolute Gasteiger partial charge is 0.493 e. The molecule has 0 aliphatic carbocycles. The summed E-state index contributed by atoms with van der Waals surface area (Å²) < 4.78 is 16.6. The molecule has 0 radical (unpaired) electrons. The molecule has 2 N–H and O–H groups in total. The van der Waals surface area contributed by atoms with Crippen LogP contribution in [0.4, 0.5) is 4.79 Å². The lowest BCUT2D eigenvalue weighted by Crippen LogP contribution is -2.45. The molecule has 0 saturated heterocycles. The van der Waals surface area contributed by atoms with Crippen LogP contribution in [0, 0.1) is 0 Å². The summed E-state index contributed by atoms with van der Waals surface area (Å²) in [5.41, 5.74) is 1.61. The van der Waals surface area contributed by atoms with Crippen molar-refractivity contribution >= 4 is 33.9 Å². The normalized spacial score (nSPS) is 15.6. The molecule has 0 saturated carbocycles. The highest BCUT2D eigenvalue weighted by Crippen LogP contribution is 2.35. The van der Waals surface area contributed by atoms with Crippen molar-refractivity contribution in [3.8, 4) is 11.5 Å². The number of hydrogen-bond acceptors (Lipinski definition) is 6. The molecule has 8 nitrogen and oxygen atoms in total. The Kier molecular flexibility index (Phi) is 6.96. The molecular weight excluding hydrogens is 468 g/mol. The van der Waals surface area contributed by atoms with E-state index in [1.807, 2.05) is 0 Å². The second-order valence-electron chi connectivity index (χ2n) is 6.57. The van der Waals surface area contributed by atoms with Crippen molar-refractivity contribution in [2.75, 3.05) is 13.7 Å². The second-order valence-corrected chi connectivity index (χ2v) is 7.42. The highest BCUT2D eigenvalue weighted by molar-refractivity contribution is 9.10. The molecule has 3 rings (SSSR count). The van der Waals surface area contributed by atoms with Crippen LogP contribution in [-0.2, 0) is 9.53 Å². The Morgan fingerprint density at radius 3 is 2.52 bits per heavy atom. The van der Waals surface area contributed by atoms with E-state index in [1.165, 1.54) is 7.11 Å². The van der Waals surface area contributed by atoms with Gasteiger partial charge in [0.05, 0.1) is 30.9 Å². The van der Waals surface area contributed by atoms with Crippen LogP contribution in [-0.4, -0.2) is 31.7 Å². The number of methoxy groups -OCH3 is 1. The standard InChI is InChI=1S/C22H21BrN2O6/c1-4-30-21(27)18-12(2)24-22(28)25-19(18)13-9-10-16(17(11-13)29-3)31-20(26)14-7-5-6-8-15(14)23/h5-11,19H,4H2,1-3H3,(H2,24,25,28)/t19-/m1/s1. The van der Waals surface area contributed by atoms with Gasteiger partial charge in [0.1, 0.15) is 0 Å². The molecular formula is C22H21BrN2O6. The van der Waals surface area contributed by atoms with E-state index in [4.69, 9.17) is 14.2 Å². The van der Waals surface area contributed by atoms with Gasteiger partial charge < -0.3 is 24.8 Å². The number of carbonyl (C=O) groups is 3. The average Bonchev–Trinajstić information content (AvgIpc) is 2.73. The highest BCUT2D eigenvalue weighted by Gasteiger charge is 2.32. The van der Waals surface area contributed by atoms with Crippen LogP contribution < -0.4 is 20.1 Å². The van der Waals surface area contributed by atoms with Crippen LogP contribution in [0.25, 0.3) is 0 Å². The van der Waals surface area contributed by atoms with Crippen LogP contribution in [0.2, 0.25) is 0 Å². The lowest BCUT2D eigenvalue weighted by atomic mass is 9.95. The lowest BCUT2D eigenvalue weighted by Gasteiger charge is -2.28. The van der Waals surface area contributed by atoms with Crippen molar-refractivity contribution in [2.24, 2.45) is 0 Å².